The van der Waals surface area contributed by atoms with Crippen molar-refractivity contribution in [1.82, 2.24) is 0 Å². The van der Waals surface area contributed by atoms with Crippen LogP contribution in [0.5, 0.6) is 5.75 Å². The number of ether oxygens (including phenoxy) is 1. The Kier molecular flexibility index (Phi) is 3.84. The van der Waals surface area contributed by atoms with E-state index >= 15 is 0 Å². The summed E-state index contributed by atoms with van der Waals surface area (Å²) in [6.07, 6.45) is 0.407. The van der Waals surface area contributed by atoms with Crippen LogP contribution in [-0.2, 0) is 0 Å². The average molecular weight is 401 g/mol. The first-order chi connectivity index (χ1) is 9.54. The van der Waals surface area contributed by atoms with Gasteiger partial charge in [-0.05, 0) is 45.8 Å². The van der Waals surface area contributed by atoms with Crippen molar-refractivity contribution in [2.75, 3.05) is 0 Å². The molecule has 2 aromatic carbocycles. The van der Waals surface area contributed by atoms with Crippen LogP contribution in [0.2, 0.25) is 0 Å². The maximum Gasteiger partial charge on any atom is 0.137 e. The molecule has 2 aromatic rings. The van der Waals surface area contributed by atoms with E-state index in [1.165, 1.54) is 6.07 Å². The summed E-state index contributed by atoms with van der Waals surface area (Å²) in [5.74, 6) is 0.464. The maximum atomic E-state index is 13.7. The highest BCUT2D eigenvalue weighted by atomic mass is 79.9. The van der Waals surface area contributed by atoms with Gasteiger partial charge < -0.3 is 10.5 Å². The number of rotatable bonds is 1. The Balaban J connectivity index is 1.96. The fourth-order valence-electron chi connectivity index (χ4n) is 2.39. The molecular formula is C15H12Br2FNO. The van der Waals surface area contributed by atoms with Crippen LogP contribution in [0.1, 0.15) is 29.7 Å². The first kappa shape index (κ1) is 14.0. The Morgan fingerprint density at radius 2 is 1.95 bits per heavy atom. The second-order valence-electron chi connectivity index (χ2n) is 4.80. The number of fused-ring (bicyclic) bond motifs is 1. The highest BCUT2D eigenvalue weighted by molar-refractivity contribution is 9.10. The third kappa shape index (κ3) is 2.62. The molecule has 0 saturated carbocycles. The van der Waals surface area contributed by atoms with Crippen molar-refractivity contribution in [1.29, 1.82) is 0 Å². The van der Waals surface area contributed by atoms with Gasteiger partial charge >= 0.3 is 0 Å². The Bertz CT molecular complexity index is 662. The lowest BCUT2D eigenvalue weighted by Gasteiger charge is -2.30. The van der Waals surface area contributed by atoms with E-state index < -0.39 is 0 Å². The zero-order valence-corrected chi connectivity index (χ0v) is 13.6. The predicted molar refractivity (Wildman–Crippen MR) is 83.2 cm³/mol. The van der Waals surface area contributed by atoms with Crippen LogP contribution >= 0.6 is 31.9 Å². The number of halogens is 3. The Labute approximate surface area is 133 Å². The minimum Gasteiger partial charge on any atom is -0.485 e. The zero-order chi connectivity index (χ0) is 14.3. The molecule has 0 saturated heterocycles. The van der Waals surface area contributed by atoms with Crippen LogP contribution in [0.4, 0.5) is 4.39 Å². The van der Waals surface area contributed by atoms with Gasteiger partial charge in [0.15, 0.2) is 0 Å². The highest BCUT2D eigenvalue weighted by Gasteiger charge is 2.27. The smallest absolute Gasteiger partial charge is 0.137 e. The first-order valence-corrected chi connectivity index (χ1v) is 7.80. The van der Waals surface area contributed by atoms with Crippen molar-refractivity contribution < 1.29 is 9.13 Å². The van der Waals surface area contributed by atoms with Crippen molar-refractivity contribution in [3.8, 4) is 5.75 Å². The molecule has 1 aliphatic rings. The summed E-state index contributed by atoms with van der Waals surface area (Å²) in [5.41, 5.74) is 7.98. The minimum absolute atomic E-state index is 0.108. The van der Waals surface area contributed by atoms with Gasteiger partial charge in [0.2, 0.25) is 0 Å². The third-order valence-electron chi connectivity index (χ3n) is 3.43. The second kappa shape index (κ2) is 5.47. The lowest BCUT2D eigenvalue weighted by atomic mass is 9.93. The van der Waals surface area contributed by atoms with Crippen LogP contribution < -0.4 is 10.5 Å². The molecule has 1 heterocycles. The van der Waals surface area contributed by atoms with E-state index in [-0.39, 0.29) is 18.0 Å². The monoisotopic (exact) mass is 399 g/mol. The predicted octanol–water partition coefficient (Wildman–Crippen LogP) is 4.87. The van der Waals surface area contributed by atoms with Gasteiger partial charge in [-0.2, -0.15) is 0 Å². The molecule has 0 bridgehead atoms. The standard InChI is InChI=1S/C15H12Br2FNO/c16-9-2-3-10-13(19)7-14(20-15(10)6-9)8-1-4-11(17)12(18)5-8/h1-6,13-14H,7,19H2. The number of hydrogen-bond acceptors (Lipinski definition) is 2. The van der Waals surface area contributed by atoms with Gasteiger partial charge in [-0.1, -0.05) is 28.1 Å². The van der Waals surface area contributed by atoms with E-state index in [4.69, 9.17) is 10.5 Å². The molecule has 20 heavy (non-hydrogen) atoms. The van der Waals surface area contributed by atoms with Gasteiger partial charge in [0.1, 0.15) is 17.7 Å². The van der Waals surface area contributed by atoms with Crippen molar-refractivity contribution >= 4 is 31.9 Å². The summed E-state index contributed by atoms with van der Waals surface area (Å²) in [5, 5.41) is 0. The van der Waals surface area contributed by atoms with E-state index in [1.807, 2.05) is 24.3 Å². The fourth-order valence-corrected chi connectivity index (χ4v) is 2.98. The van der Waals surface area contributed by atoms with E-state index in [1.54, 1.807) is 6.07 Å². The van der Waals surface area contributed by atoms with Gasteiger partial charge in [0.05, 0.1) is 4.47 Å². The normalized spacial score (nSPS) is 21.2. The molecule has 2 atom stereocenters. The average Bonchev–Trinajstić information content (AvgIpc) is 2.41. The molecule has 3 rings (SSSR count). The summed E-state index contributed by atoms with van der Waals surface area (Å²) in [4.78, 5) is 0. The quantitative estimate of drug-likeness (QED) is 0.740. The molecule has 104 valence electrons. The molecule has 0 fully saturated rings. The molecule has 0 radical (unpaired) electrons. The van der Waals surface area contributed by atoms with Crippen LogP contribution in [0, 0.1) is 5.82 Å². The summed E-state index contributed by atoms with van der Waals surface area (Å²) in [6, 6.07) is 10.7. The molecule has 0 amide bonds. The van der Waals surface area contributed by atoms with Gasteiger partial charge in [-0.15, -0.1) is 0 Å². The SMILES string of the molecule is NC1CC(c2ccc(Br)c(F)c2)Oc2cc(Br)ccc21. The lowest BCUT2D eigenvalue weighted by Crippen LogP contribution is -2.24. The van der Waals surface area contributed by atoms with Crippen LogP contribution in [0.15, 0.2) is 45.3 Å². The Morgan fingerprint density at radius 3 is 2.70 bits per heavy atom. The largest absolute Gasteiger partial charge is 0.485 e. The number of hydrogen-bond donors (Lipinski definition) is 1. The number of nitrogens with two attached hydrogens (primary N) is 1. The molecule has 0 aliphatic carbocycles. The lowest BCUT2D eigenvalue weighted by molar-refractivity contribution is 0.161. The van der Waals surface area contributed by atoms with Crippen LogP contribution in [-0.4, -0.2) is 0 Å². The van der Waals surface area contributed by atoms with Crippen molar-refractivity contribution in [3.63, 3.8) is 0 Å². The van der Waals surface area contributed by atoms with E-state index in [2.05, 4.69) is 31.9 Å². The van der Waals surface area contributed by atoms with E-state index in [0.717, 1.165) is 21.3 Å². The summed E-state index contributed by atoms with van der Waals surface area (Å²) >= 11 is 6.57. The molecule has 2 unspecified atom stereocenters. The highest BCUT2D eigenvalue weighted by Crippen LogP contribution is 2.41. The van der Waals surface area contributed by atoms with Gasteiger partial charge in [-0.3, -0.25) is 0 Å². The van der Waals surface area contributed by atoms with Crippen molar-refractivity contribution in [3.05, 3.63) is 62.3 Å². The summed E-state index contributed by atoms with van der Waals surface area (Å²) < 4.78 is 21.0. The van der Waals surface area contributed by atoms with Crippen molar-refractivity contribution in [2.24, 2.45) is 5.73 Å². The molecule has 0 spiro atoms. The zero-order valence-electron chi connectivity index (χ0n) is 10.4. The van der Waals surface area contributed by atoms with Gasteiger partial charge in [0.25, 0.3) is 0 Å². The van der Waals surface area contributed by atoms with Crippen LogP contribution in [0.25, 0.3) is 0 Å². The first-order valence-electron chi connectivity index (χ1n) is 6.21. The minimum atomic E-state index is -0.292. The number of benzene rings is 2. The van der Waals surface area contributed by atoms with Gasteiger partial charge in [0, 0.05) is 22.5 Å². The van der Waals surface area contributed by atoms with Gasteiger partial charge in [-0.25, -0.2) is 4.39 Å². The third-order valence-corrected chi connectivity index (χ3v) is 4.56. The van der Waals surface area contributed by atoms with Crippen LogP contribution in [0.3, 0.4) is 0 Å². The van der Waals surface area contributed by atoms with Crippen molar-refractivity contribution in [2.45, 2.75) is 18.6 Å². The molecule has 0 aromatic heterocycles. The molecule has 2 N–H and O–H groups in total. The molecule has 2 nitrogen and oxygen atoms in total. The van der Waals surface area contributed by atoms with E-state index in [0.29, 0.717) is 10.9 Å². The molecular weight excluding hydrogens is 389 g/mol. The molecule has 1 aliphatic heterocycles. The Morgan fingerprint density at radius 1 is 1.15 bits per heavy atom. The second-order valence-corrected chi connectivity index (χ2v) is 6.57. The fraction of sp³-hybridized carbons (Fsp3) is 0.200. The Hall–Kier alpha value is -0.910. The van der Waals surface area contributed by atoms with E-state index in [9.17, 15) is 4.39 Å². The molecule has 5 heteroatoms. The maximum absolute atomic E-state index is 13.7. The topological polar surface area (TPSA) is 35.2 Å². The summed E-state index contributed by atoms with van der Waals surface area (Å²) in [6.45, 7) is 0. The summed E-state index contributed by atoms with van der Waals surface area (Å²) in [7, 11) is 0.